The number of aliphatic carboxylic acids is 1. The van der Waals surface area contributed by atoms with Crippen LogP contribution in [-0.2, 0) is 9.59 Å². The first-order valence-electron chi connectivity index (χ1n) is 5.33. The molecule has 0 aromatic heterocycles. The Labute approximate surface area is 90.0 Å². The lowest BCUT2D eigenvalue weighted by Gasteiger charge is -2.02. The number of nitrogens with two attached hydrogens (primary N) is 1. The van der Waals surface area contributed by atoms with Crippen molar-refractivity contribution in [3.8, 4) is 0 Å². The van der Waals surface area contributed by atoms with E-state index in [9.17, 15) is 9.59 Å². The summed E-state index contributed by atoms with van der Waals surface area (Å²) in [7, 11) is 0. The van der Waals surface area contributed by atoms with Crippen LogP contribution < -0.4 is 11.1 Å². The standard InChI is InChI=1S/C10H20N2O3/c11-9(13)8-12-7-5-3-1-2-4-6-10(14)15/h12H,1-8H2,(H2,11,13)(H,14,15). The number of primary amides is 1. The highest BCUT2D eigenvalue weighted by Crippen LogP contribution is 2.04. The van der Waals surface area contributed by atoms with Gasteiger partial charge in [-0.2, -0.15) is 0 Å². The Morgan fingerprint density at radius 1 is 1.07 bits per heavy atom. The van der Waals surface area contributed by atoms with Crippen LogP contribution in [0.1, 0.15) is 38.5 Å². The predicted octanol–water partition coefficient (Wildman–Crippen LogP) is 0.486. The Bertz CT molecular complexity index is 175. The molecule has 1 amide bonds. The Morgan fingerprint density at radius 3 is 2.27 bits per heavy atom. The Hall–Kier alpha value is -1.10. The highest BCUT2D eigenvalue weighted by Gasteiger charge is 1.96. The number of rotatable bonds is 10. The molecule has 5 heteroatoms. The van der Waals surface area contributed by atoms with Crippen molar-refractivity contribution in [1.82, 2.24) is 5.32 Å². The van der Waals surface area contributed by atoms with E-state index in [1.54, 1.807) is 0 Å². The monoisotopic (exact) mass is 216 g/mol. The van der Waals surface area contributed by atoms with Gasteiger partial charge in [0, 0.05) is 6.42 Å². The summed E-state index contributed by atoms with van der Waals surface area (Å²) in [6, 6.07) is 0. The van der Waals surface area contributed by atoms with E-state index in [-0.39, 0.29) is 18.9 Å². The first kappa shape index (κ1) is 13.9. The fourth-order valence-electron chi connectivity index (χ4n) is 1.27. The number of hydrogen-bond acceptors (Lipinski definition) is 3. The van der Waals surface area contributed by atoms with E-state index in [0.29, 0.717) is 0 Å². The average Bonchev–Trinajstić information content (AvgIpc) is 2.14. The molecule has 88 valence electrons. The summed E-state index contributed by atoms with van der Waals surface area (Å²) in [5.74, 6) is -1.06. The molecule has 0 saturated carbocycles. The topological polar surface area (TPSA) is 92.4 Å². The van der Waals surface area contributed by atoms with E-state index in [4.69, 9.17) is 10.8 Å². The highest BCUT2D eigenvalue weighted by atomic mass is 16.4. The Kier molecular flexibility index (Phi) is 8.76. The molecule has 5 nitrogen and oxygen atoms in total. The Morgan fingerprint density at radius 2 is 1.67 bits per heavy atom. The lowest BCUT2D eigenvalue weighted by Crippen LogP contribution is -2.29. The van der Waals surface area contributed by atoms with Gasteiger partial charge in [0.1, 0.15) is 0 Å². The normalized spacial score (nSPS) is 10.1. The molecule has 0 saturated heterocycles. The zero-order chi connectivity index (χ0) is 11.5. The molecule has 0 aliphatic heterocycles. The van der Waals surface area contributed by atoms with Crippen molar-refractivity contribution in [2.45, 2.75) is 38.5 Å². The summed E-state index contributed by atoms with van der Waals surface area (Å²) in [4.78, 5) is 20.5. The maximum absolute atomic E-state index is 10.3. The number of hydrogen-bond donors (Lipinski definition) is 3. The molecule has 0 radical (unpaired) electrons. The first-order chi connectivity index (χ1) is 7.13. The van der Waals surface area contributed by atoms with Crippen molar-refractivity contribution < 1.29 is 14.7 Å². The highest BCUT2D eigenvalue weighted by molar-refractivity contribution is 5.75. The number of amides is 1. The van der Waals surface area contributed by atoms with Crippen molar-refractivity contribution in [3.05, 3.63) is 0 Å². The molecule has 0 aromatic carbocycles. The molecule has 0 atom stereocenters. The van der Waals surface area contributed by atoms with Gasteiger partial charge in [-0.15, -0.1) is 0 Å². The van der Waals surface area contributed by atoms with Crippen LogP contribution in [0.5, 0.6) is 0 Å². The van der Waals surface area contributed by atoms with Crippen LogP contribution in [0, 0.1) is 0 Å². The maximum Gasteiger partial charge on any atom is 0.303 e. The zero-order valence-electron chi connectivity index (χ0n) is 9.00. The first-order valence-corrected chi connectivity index (χ1v) is 5.33. The number of carboxylic acid groups (broad SMARTS) is 1. The van der Waals surface area contributed by atoms with E-state index >= 15 is 0 Å². The second-order valence-electron chi connectivity index (χ2n) is 3.55. The second kappa shape index (κ2) is 9.45. The molecular weight excluding hydrogens is 196 g/mol. The van der Waals surface area contributed by atoms with Gasteiger partial charge in [-0.25, -0.2) is 0 Å². The third-order valence-corrected chi connectivity index (χ3v) is 2.04. The van der Waals surface area contributed by atoms with Gasteiger partial charge >= 0.3 is 5.97 Å². The molecule has 0 spiro atoms. The van der Waals surface area contributed by atoms with E-state index < -0.39 is 5.97 Å². The van der Waals surface area contributed by atoms with E-state index in [0.717, 1.165) is 38.6 Å². The van der Waals surface area contributed by atoms with Gasteiger partial charge in [-0.05, 0) is 19.4 Å². The summed E-state index contributed by atoms with van der Waals surface area (Å²) in [6.07, 6.45) is 5.09. The second-order valence-corrected chi connectivity index (χ2v) is 3.55. The van der Waals surface area contributed by atoms with Crippen LogP contribution >= 0.6 is 0 Å². The molecule has 0 heterocycles. The van der Waals surface area contributed by atoms with Gasteiger partial charge < -0.3 is 16.2 Å². The summed E-state index contributed by atoms with van der Waals surface area (Å²) in [6.45, 7) is 1.03. The van der Waals surface area contributed by atoms with Crippen LogP contribution in [0.15, 0.2) is 0 Å². The van der Waals surface area contributed by atoms with E-state index in [2.05, 4.69) is 5.32 Å². The number of carbonyl (C=O) groups is 2. The zero-order valence-corrected chi connectivity index (χ0v) is 9.00. The third kappa shape index (κ3) is 12.9. The fraction of sp³-hybridized carbons (Fsp3) is 0.800. The lowest BCUT2D eigenvalue weighted by atomic mass is 10.1. The molecule has 0 rings (SSSR count). The van der Waals surface area contributed by atoms with Gasteiger partial charge in [-0.3, -0.25) is 9.59 Å². The van der Waals surface area contributed by atoms with Crippen molar-refractivity contribution in [1.29, 1.82) is 0 Å². The van der Waals surface area contributed by atoms with Crippen molar-refractivity contribution in [2.75, 3.05) is 13.1 Å². The summed E-state index contributed by atoms with van der Waals surface area (Å²) >= 11 is 0. The maximum atomic E-state index is 10.3. The van der Waals surface area contributed by atoms with Gasteiger partial charge in [0.25, 0.3) is 0 Å². The van der Waals surface area contributed by atoms with Crippen LogP contribution in [0.2, 0.25) is 0 Å². The average molecular weight is 216 g/mol. The summed E-state index contributed by atoms with van der Waals surface area (Å²) in [5.41, 5.74) is 4.94. The van der Waals surface area contributed by atoms with Crippen LogP contribution in [0.25, 0.3) is 0 Å². The number of unbranched alkanes of at least 4 members (excludes halogenated alkanes) is 4. The minimum absolute atomic E-state index is 0.235. The number of carboxylic acids is 1. The molecule has 0 aliphatic carbocycles. The minimum Gasteiger partial charge on any atom is -0.481 e. The van der Waals surface area contributed by atoms with Gasteiger partial charge in [0.2, 0.25) is 5.91 Å². The van der Waals surface area contributed by atoms with Crippen molar-refractivity contribution in [3.63, 3.8) is 0 Å². The number of carbonyl (C=O) groups excluding carboxylic acids is 1. The quantitative estimate of drug-likeness (QED) is 0.463. The molecule has 15 heavy (non-hydrogen) atoms. The SMILES string of the molecule is NC(=O)CNCCCCCCCC(=O)O. The molecule has 4 N–H and O–H groups in total. The predicted molar refractivity (Wildman–Crippen MR) is 57.4 cm³/mol. The molecule has 0 unspecified atom stereocenters. The van der Waals surface area contributed by atoms with Crippen molar-refractivity contribution >= 4 is 11.9 Å². The largest absolute Gasteiger partial charge is 0.481 e. The molecular formula is C10H20N2O3. The van der Waals surface area contributed by atoms with Crippen LogP contribution in [0.4, 0.5) is 0 Å². The van der Waals surface area contributed by atoms with E-state index in [1.165, 1.54) is 0 Å². The fourth-order valence-corrected chi connectivity index (χ4v) is 1.27. The van der Waals surface area contributed by atoms with Crippen LogP contribution in [-0.4, -0.2) is 30.1 Å². The molecule has 0 fully saturated rings. The lowest BCUT2D eigenvalue weighted by molar-refractivity contribution is -0.137. The minimum atomic E-state index is -0.724. The van der Waals surface area contributed by atoms with Crippen LogP contribution in [0.3, 0.4) is 0 Å². The van der Waals surface area contributed by atoms with Crippen molar-refractivity contribution in [2.24, 2.45) is 5.73 Å². The third-order valence-electron chi connectivity index (χ3n) is 2.04. The molecule has 0 aromatic rings. The van der Waals surface area contributed by atoms with Gasteiger partial charge in [-0.1, -0.05) is 19.3 Å². The Balaban J connectivity index is 2.99. The van der Waals surface area contributed by atoms with Gasteiger partial charge in [0.15, 0.2) is 0 Å². The smallest absolute Gasteiger partial charge is 0.303 e. The molecule has 0 bridgehead atoms. The van der Waals surface area contributed by atoms with E-state index in [1.807, 2.05) is 0 Å². The summed E-state index contributed by atoms with van der Waals surface area (Å²) < 4.78 is 0. The van der Waals surface area contributed by atoms with Gasteiger partial charge in [0.05, 0.1) is 6.54 Å². The molecule has 0 aliphatic rings. The number of nitrogens with one attached hydrogen (secondary N) is 1. The summed E-state index contributed by atoms with van der Waals surface area (Å²) in [5, 5.41) is 11.3.